The molecule has 1 aromatic heterocycles. The maximum Gasteiger partial charge on any atom is 0.227 e. The first-order valence-corrected chi connectivity index (χ1v) is 15.5. The molecule has 0 aliphatic rings. The average molecular weight is 591 g/mol. The van der Waals surface area contributed by atoms with Crippen molar-refractivity contribution in [2.24, 2.45) is 0 Å². The van der Waals surface area contributed by atoms with E-state index in [-0.39, 0.29) is 0 Å². The fourth-order valence-electron chi connectivity index (χ4n) is 6.01. The van der Waals surface area contributed by atoms with Gasteiger partial charge in [0.1, 0.15) is 5.52 Å². The molecule has 0 atom stereocenters. The van der Waals surface area contributed by atoms with Gasteiger partial charge in [-0.3, -0.25) is 0 Å². The topological polar surface area (TPSA) is 29.3 Å². The fraction of sp³-hybridized carbons (Fsp3) is 0. The molecule has 0 N–H and O–H groups in total. The average Bonchev–Trinajstić information content (AvgIpc) is 3.59. The van der Waals surface area contributed by atoms with Crippen LogP contribution in [0.5, 0.6) is 0 Å². The Morgan fingerprint density at radius 3 is 1.41 bits per heavy atom. The van der Waals surface area contributed by atoms with Crippen LogP contribution in [0.15, 0.2) is 186 Å². The zero-order valence-corrected chi connectivity index (χ0v) is 25.1. The fourth-order valence-corrected chi connectivity index (χ4v) is 6.01. The number of anilines is 3. The molecule has 8 rings (SSSR count). The Balaban J connectivity index is 1.22. The summed E-state index contributed by atoms with van der Waals surface area (Å²) < 4.78 is 6.39. The summed E-state index contributed by atoms with van der Waals surface area (Å²) in [6, 6.07) is 63.4. The lowest BCUT2D eigenvalue weighted by molar-refractivity contribution is 0.621. The van der Waals surface area contributed by atoms with E-state index < -0.39 is 0 Å². The molecule has 0 spiro atoms. The van der Waals surface area contributed by atoms with Crippen molar-refractivity contribution >= 4 is 28.2 Å². The van der Waals surface area contributed by atoms with Crippen LogP contribution < -0.4 is 4.90 Å². The summed E-state index contributed by atoms with van der Waals surface area (Å²) in [6.07, 6.45) is 0. The summed E-state index contributed by atoms with van der Waals surface area (Å²) in [7, 11) is 0. The van der Waals surface area contributed by atoms with Crippen LogP contribution in [-0.4, -0.2) is 4.98 Å². The molecule has 218 valence electrons. The third-order valence-corrected chi connectivity index (χ3v) is 8.32. The van der Waals surface area contributed by atoms with Gasteiger partial charge in [0.15, 0.2) is 5.58 Å². The predicted molar refractivity (Wildman–Crippen MR) is 190 cm³/mol. The van der Waals surface area contributed by atoms with Crippen LogP contribution in [0.3, 0.4) is 0 Å². The van der Waals surface area contributed by atoms with Crippen molar-refractivity contribution < 1.29 is 4.42 Å². The first kappa shape index (κ1) is 27.4. The van der Waals surface area contributed by atoms with E-state index >= 15 is 0 Å². The Morgan fingerprint density at radius 2 is 0.848 bits per heavy atom. The lowest BCUT2D eigenvalue weighted by Gasteiger charge is -2.26. The minimum Gasteiger partial charge on any atom is -0.435 e. The van der Waals surface area contributed by atoms with Gasteiger partial charge in [0.2, 0.25) is 5.89 Å². The van der Waals surface area contributed by atoms with E-state index in [4.69, 9.17) is 9.40 Å². The number of para-hydroxylation sites is 1. The lowest BCUT2D eigenvalue weighted by Crippen LogP contribution is -2.10. The molecular formula is C43H30N2O. The van der Waals surface area contributed by atoms with Crippen molar-refractivity contribution in [3.05, 3.63) is 182 Å². The molecule has 0 bridgehead atoms. The van der Waals surface area contributed by atoms with Gasteiger partial charge in [-0.05, 0) is 82.4 Å². The molecule has 0 aliphatic heterocycles. The van der Waals surface area contributed by atoms with E-state index in [1.54, 1.807) is 0 Å². The Kier molecular flexibility index (Phi) is 7.18. The summed E-state index contributed by atoms with van der Waals surface area (Å²) in [5, 5.41) is 0. The van der Waals surface area contributed by atoms with E-state index in [9.17, 15) is 0 Å². The largest absolute Gasteiger partial charge is 0.435 e. The Labute approximate surface area is 268 Å². The molecule has 3 heteroatoms. The smallest absolute Gasteiger partial charge is 0.227 e. The first-order valence-electron chi connectivity index (χ1n) is 15.5. The summed E-state index contributed by atoms with van der Waals surface area (Å²) >= 11 is 0. The third-order valence-electron chi connectivity index (χ3n) is 8.32. The highest BCUT2D eigenvalue weighted by atomic mass is 16.3. The Bertz CT molecular complexity index is 2140. The van der Waals surface area contributed by atoms with Crippen LogP contribution in [0.4, 0.5) is 17.1 Å². The highest BCUT2D eigenvalue weighted by molar-refractivity contribution is 5.93. The zero-order valence-electron chi connectivity index (χ0n) is 25.1. The van der Waals surface area contributed by atoms with Crippen molar-refractivity contribution in [2.45, 2.75) is 0 Å². The molecular weight excluding hydrogens is 560 g/mol. The maximum absolute atomic E-state index is 6.39. The summed E-state index contributed by atoms with van der Waals surface area (Å²) in [5.41, 5.74) is 12.6. The highest BCUT2D eigenvalue weighted by Crippen LogP contribution is 2.40. The highest BCUT2D eigenvalue weighted by Gasteiger charge is 2.17. The van der Waals surface area contributed by atoms with E-state index in [1.165, 1.54) is 22.3 Å². The number of benzene rings is 7. The minimum absolute atomic E-state index is 0.623. The second-order valence-corrected chi connectivity index (χ2v) is 11.3. The molecule has 1 heterocycles. The molecule has 3 nitrogen and oxygen atoms in total. The number of hydrogen-bond acceptors (Lipinski definition) is 3. The number of hydrogen-bond donors (Lipinski definition) is 0. The second-order valence-electron chi connectivity index (χ2n) is 11.3. The number of nitrogens with zero attached hydrogens (tertiary/aromatic N) is 2. The molecule has 0 aliphatic carbocycles. The van der Waals surface area contributed by atoms with Crippen molar-refractivity contribution in [2.75, 3.05) is 4.90 Å². The minimum atomic E-state index is 0.623. The van der Waals surface area contributed by atoms with E-state index in [0.717, 1.165) is 44.9 Å². The summed E-state index contributed by atoms with van der Waals surface area (Å²) in [5.74, 6) is 0.623. The number of oxazole rings is 1. The quantitative estimate of drug-likeness (QED) is 0.185. The SMILES string of the molecule is c1ccc(-c2ccc(N(c3ccc(-c4ccccc4)cc3)c3cccc(-c4cccc5nc(-c6ccccc6)oc45)c3)cc2)cc1. The molecule has 7 aromatic carbocycles. The van der Waals surface area contributed by atoms with Gasteiger partial charge in [-0.25, -0.2) is 4.98 Å². The van der Waals surface area contributed by atoms with Crippen molar-refractivity contribution in [3.8, 4) is 44.8 Å². The van der Waals surface area contributed by atoms with Gasteiger partial charge in [0.25, 0.3) is 0 Å². The molecule has 8 aromatic rings. The van der Waals surface area contributed by atoms with Crippen LogP contribution in [0.2, 0.25) is 0 Å². The van der Waals surface area contributed by atoms with Gasteiger partial charge in [0.05, 0.1) is 0 Å². The standard InChI is InChI=1S/C43H30N2O/c1-4-12-31(13-5-1)33-22-26-37(27-23-33)45(38-28-24-34(25-29-38)32-14-6-2-7-15-32)39-19-10-18-36(30-39)40-20-11-21-41-42(40)46-43(44-41)35-16-8-3-9-17-35/h1-30H. The predicted octanol–water partition coefficient (Wildman–Crippen LogP) is 12.0. The number of fused-ring (bicyclic) bond motifs is 1. The van der Waals surface area contributed by atoms with Crippen molar-refractivity contribution in [1.29, 1.82) is 0 Å². The van der Waals surface area contributed by atoms with Crippen molar-refractivity contribution in [3.63, 3.8) is 0 Å². The van der Waals surface area contributed by atoms with Crippen LogP contribution in [-0.2, 0) is 0 Å². The van der Waals surface area contributed by atoms with Crippen LogP contribution in [0.1, 0.15) is 0 Å². The van der Waals surface area contributed by atoms with Gasteiger partial charge in [-0.1, -0.05) is 127 Å². The second kappa shape index (κ2) is 12.1. The molecule has 0 fully saturated rings. The Morgan fingerprint density at radius 1 is 0.370 bits per heavy atom. The first-order chi connectivity index (χ1) is 22.8. The van der Waals surface area contributed by atoms with Gasteiger partial charge < -0.3 is 9.32 Å². The lowest BCUT2D eigenvalue weighted by atomic mass is 10.0. The van der Waals surface area contributed by atoms with Crippen LogP contribution in [0, 0.1) is 0 Å². The summed E-state index contributed by atoms with van der Waals surface area (Å²) in [6.45, 7) is 0. The number of aromatic nitrogens is 1. The Hall–Kier alpha value is -6.19. The summed E-state index contributed by atoms with van der Waals surface area (Å²) in [4.78, 5) is 7.12. The molecule has 0 saturated heterocycles. The van der Waals surface area contributed by atoms with Gasteiger partial charge in [-0.2, -0.15) is 0 Å². The molecule has 0 radical (unpaired) electrons. The molecule has 0 unspecified atom stereocenters. The van der Waals surface area contributed by atoms with Crippen LogP contribution in [0.25, 0.3) is 55.9 Å². The normalized spacial score (nSPS) is 11.0. The monoisotopic (exact) mass is 590 g/mol. The van der Waals surface area contributed by atoms with Crippen molar-refractivity contribution in [1.82, 2.24) is 4.98 Å². The van der Waals surface area contributed by atoms with E-state index in [0.29, 0.717) is 5.89 Å². The molecule has 0 amide bonds. The zero-order chi connectivity index (χ0) is 30.7. The van der Waals surface area contributed by atoms with E-state index in [1.807, 2.05) is 54.6 Å². The van der Waals surface area contributed by atoms with E-state index in [2.05, 4.69) is 132 Å². The van der Waals surface area contributed by atoms with Crippen LogP contribution >= 0.6 is 0 Å². The van der Waals surface area contributed by atoms with Gasteiger partial charge in [0, 0.05) is 28.2 Å². The van der Waals surface area contributed by atoms with Gasteiger partial charge in [-0.15, -0.1) is 0 Å². The van der Waals surface area contributed by atoms with Gasteiger partial charge >= 0.3 is 0 Å². The maximum atomic E-state index is 6.39. The molecule has 0 saturated carbocycles. The third kappa shape index (κ3) is 5.36. The molecule has 46 heavy (non-hydrogen) atoms. The number of rotatable bonds is 7.